The second kappa shape index (κ2) is 8.96. The first-order chi connectivity index (χ1) is 15.4. The molecule has 1 saturated heterocycles. The number of aryl methyl sites for hydroxylation is 1. The Kier molecular flexibility index (Phi) is 6.10. The topological polar surface area (TPSA) is 54.8 Å². The van der Waals surface area contributed by atoms with Crippen LogP contribution in [0.15, 0.2) is 60.4 Å². The third-order valence-electron chi connectivity index (χ3n) is 5.73. The van der Waals surface area contributed by atoms with Gasteiger partial charge in [0.1, 0.15) is 12.2 Å². The Balaban J connectivity index is 1.85. The lowest BCUT2D eigenvalue weighted by Gasteiger charge is -2.16. The number of esters is 1. The number of para-hydroxylation sites is 1. The molecule has 0 unspecified atom stereocenters. The maximum atomic E-state index is 12.9. The molecular weight excluding hydrogens is 422 g/mol. The van der Waals surface area contributed by atoms with Crippen LogP contribution in [-0.4, -0.2) is 52.1 Å². The van der Waals surface area contributed by atoms with Gasteiger partial charge >= 0.3 is 5.97 Å². The van der Waals surface area contributed by atoms with Crippen molar-refractivity contribution in [2.45, 2.75) is 19.9 Å². The molecule has 1 aliphatic heterocycles. The molecule has 3 aromatic rings. The van der Waals surface area contributed by atoms with Gasteiger partial charge in [-0.15, -0.1) is 0 Å². The van der Waals surface area contributed by atoms with Gasteiger partial charge in [-0.1, -0.05) is 55.5 Å². The lowest BCUT2D eigenvalue weighted by atomic mass is 10.1. The zero-order valence-electron chi connectivity index (χ0n) is 18.4. The minimum absolute atomic E-state index is 0.111. The van der Waals surface area contributed by atoms with Gasteiger partial charge in [0.15, 0.2) is 5.11 Å². The van der Waals surface area contributed by atoms with Crippen LogP contribution >= 0.6 is 12.2 Å². The van der Waals surface area contributed by atoms with Gasteiger partial charge in [-0.3, -0.25) is 14.5 Å². The van der Waals surface area contributed by atoms with Crippen molar-refractivity contribution in [2.75, 3.05) is 20.7 Å². The quantitative estimate of drug-likeness (QED) is 0.327. The second-order valence-electron chi connectivity index (χ2n) is 7.70. The zero-order valence-corrected chi connectivity index (χ0v) is 19.2. The number of amides is 1. The van der Waals surface area contributed by atoms with Crippen molar-refractivity contribution in [3.05, 3.63) is 77.1 Å². The van der Waals surface area contributed by atoms with Crippen LogP contribution in [-0.2, 0) is 27.3 Å². The van der Waals surface area contributed by atoms with E-state index in [0.29, 0.717) is 5.70 Å². The lowest BCUT2D eigenvalue weighted by molar-refractivity contribution is -0.140. The van der Waals surface area contributed by atoms with Gasteiger partial charge in [0.2, 0.25) is 0 Å². The van der Waals surface area contributed by atoms with Crippen molar-refractivity contribution in [3.8, 4) is 0 Å². The van der Waals surface area contributed by atoms with E-state index in [1.165, 1.54) is 28.0 Å². The number of aromatic nitrogens is 1. The van der Waals surface area contributed by atoms with E-state index in [0.717, 1.165) is 29.4 Å². The number of ether oxygens (including phenoxy) is 1. The fraction of sp³-hybridized carbons (Fsp3) is 0.240. The molecule has 2 heterocycles. The molecule has 1 fully saturated rings. The Morgan fingerprint density at radius 3 is 2.56 bits per heavy atom. The molecule has 0 spiro atoms. The fourth-order valence-corrected chi connectivity index (χ4v) is 4.31. The van der Waals surface area contributed by atoms with Crippen molar-refractivity contribution >= 4 is 46.2 Å². The van der Waals surface area contributed by atoms with E-state index in [2.05, 4.69) is 42.0 Å². The molecule has 0 bridgehead atoms. The normalized spacial score (nSPS) is 15.3. The highest BCUT2D eigenvalue weighted by Gasteiger charge is 2.37. The summed E-state index contributed by atoms with van der Waals surface area (Å²) in [6.45, 7) is 2.74. The Hall–Kier alpha value is -3.45. The predicted molar refractivity (Wildman–Crippen MR) is 129 cm³/mol. The van der Waals surface area contributed by atoms with Crippen LogP contribution in [0, 0.1) is 0 Å². The monoisotopic (exact) mass is 447 g/mol. The first-order valence-electron chi connectivity index (χ1n) is 10.5. The maximum absolute atomic E-state index is 12.9. The average molecular weight is 448 g/mol. The Morgan fingerprint density at radius 2 is 1.88 bits per heavy atom. The summed E-state index contributed by atoms with van der Waals surface area (Å²) < 4.78 is 7.02. The van der Waals surface area contributed by atoms with Crippen molar-refractivity contribution in [1.29, 1.82) is 0 Å². The molecule has 6 nitrogen and oxygen atoms in total. The second-order valence-corrected chi connectivity index (χ2v) is 8.07. The van der Waals surface area contributed by atoms with Crippen molar-refractivity contribution in [2.24, 2.45) is 0 Å². The van der Waals surface area contributed by atoms with Gasteiger partial charge in [0.05, 0.1) is 12.6 Å². The zero-order chi connectivity index (χ0) is 22.8. The number of carbonyl (C=O) groups is 2. The summed E-state index contributed by atoms with van der Waals surface area (Å²) >= 11 is 5.40. The molecule has 4 rings (SSSR count). The summed E-state index contributed by atoms with van der Waals surface area (Å²) in [5.74, 6) is -0.698. The minimum atomic E-state index is -0.457. The standard InChI is InChI=1S/C25H25N3O3S/c1-4-18-11-8-12-20-19(15-27(23(18)20)14-17-9-6-5-7-10-17)13-21-24(30)26(2)25(32)28(21)16-22(29)31-3/h5-13,15H,4,14,16H2,1-3H3/b21-13-. The molecule has 32 heavy (non-hydrogen) atoms. The lowest BCUT2D eigenvalue weighted by Crippen LogP contribution is -2.33. The number of hydrogen-bond donors (Lipinski definition) is 0. The number of fused-ring (bicyclic) bond motifs is 1. The Labute approximate surface area is 192 Å². The van der Waals surface area contributed by atoms with E-state index in [9.17, 15) is 9.59 Å². The molecule has 0 N–H and O–H groups in total. The van der Waals surface area contributed by atoms with E-state index >= 15 is 0 Å². The van der Waals surface area contributed by atoms with Crippen LogP contribution in [0.2, 0.25) is 0 Å². The maximum Gasteiger partial charge on any atom is 0.325 e. The summed E-state index contributed by atoms with van der Waals surface area (Å²) in [5.41, 5.74) is 4.84. The molecule has 0 radical (unpaired) electrons. The average Bonchev–Trinajstić information content (AvgIpc) is 3.25. The summed E-state index contributed by atoms with van der Waals surface area (Å²) in [4.78, 5) is 27.8. The summed E-state index contributed by atoms with van der Waals surface area (Å²) in [6, 6.07) is 16.5. The van der Waals surface area contributed by atoms with E-state index in [1.54, 1.807) is 7.05 Å². The third kappa shape index (κ3) is 3.91. The van der Waals surface area contributed by atoms with Gasteiger partial charge in [0.25, 0.3) is 5.91 Å². The van der Waals surface area contributed by atoms with Crippen LogP contribution in [0.4, 0.5) is 0 Å². The van der Waals surface area contributed by atoms with Gasteiger partial charge < -0.3 is 14.2 Å². The van der Waals surface area contributed by atoms with Gasteiger partial charge in [-0.25, -0.2) is 0 Å². The molecular formula is C25H25N3O3S. The van der Waals surface area contributed by atoms with Crippen LogP contribution < -0.4 is 0 Å². The Morgan fingerprint density at radius 1 is 1.12 bits per heavy atom. The van der Waals surface area contributed by atoms with Crippen molar-refractivity contribution in [3.63, 3.8) is 0 Å². The molecule has 164 valence electrons. The molecule has 7 heteroatoms. The summed E-state index contributed by atoms with van der Waals surface area (Å²) in [5, 5.41) is 1.34. The van der Waals surface area contributed by atoms with Gasteiger partial charge in [-0.2, -0.15) is 0 Å². The Bertz CT molecular complexity index is 1230. The first-order valence-corrected chi connectivity index (χ1v) is 10.9. The number of carbonyl (C=O) groups excluding carboxylic acids is 2. The number of thiocarbonyl (C=S) groups is 1. The molecule has 0 atom stereocenters. The van der Waals surface area contributed by atoms with Crippen LogP contribution in [0.5, 0.6) is 0 Å². The van der Waals surface area contributed by atoms with Crippen LogP contribution in [0.1, 0.15) is 23.6 Å². The largest absolute Gasteiger partial charge is 0.468 e. The number of benzene rings is 2. The van der Waals surface area contributed by atoms with Crippen LogP contribution in [0.25, 0.3) is 17.0 Å². The number of nitrogens with zero attached hydrogens (tertiary/aromatic N) is 3. The molecule has 2 aromatic carbocycles. The smallest absolute Gasteiger partial charge is 0.325 e. The highest BCUT2D eigenvalue weighted by Crippen LogP contribution is 2.30. The van der Waals surface area contributed by atoms with Crippen LogP contribution in [0.3, 0.4) is 0 Å². The van der Waals surface area contributed by atoms with E-state index in [-0.39, 0.29) is 17.6 Å². The summed E-state index contributed by atoms with van der Waals surface area (Å²) in [7, 11) is 2.93. The number of hydrogen-bond acceptors (Lipinski definition) is 4. The molecule has 0 saturated carbocycles. The fourth-order valence-electron chi connectivity index (χ4n) is 4.06. The SMILES string of the molecule is CCc1cccc2c(/C=C3/C(=O)N(C)C(=S)N3CC(=O)OC)cn(Cc3ccccc3)c12. The predicted octanol–water partition coefficient (Wildman–Crippen LogP) is 3.82. The van der Waals surface area contributed by atoms with E-state index in [4.69, 9.17) is 17.0 Å². The van der Waals surface area contributed by atoms with Crippen molar-refractivity contribution < 1.29 is 14.3 Å². The molecule has 1 amide bonds. The van der Waals surface area contributed by atoms with Gasteiger partial charge in [0, 0.05) is 30.7 Å². The third-order valence-corrected chi connectivity index (χ3v) is 6.22. The number of methoxy groups -OCH3 is 1. The highest BCUT2D eigenvalue weighted by atomic mass is 32.1. The number of rotatable bonds is 6. The first kappa shape index (κ1) is 21.8. The summed E-state index contributed by atoms with van der Waals surface area (Å²) in [6.07, 6.45) is 4.78. The highest BCUT2D eigenvalue weighted by molar-refractivity contribution is 7.80. The molecule has 1 aliphatic rings. The minimum Gasteiger partial charge on any atom is -0.468 e. The van der Waals surface area contributed by atoms with Crippen molar-refractivity contribution in [1.82, 2.24) is 14.4 Å². The molecule has 0 aliphatic carbocycles. The van der Waals surface area contributed by atoms with E-state index < -0.39 is 5.97 Å². The number of likely N-dealkylation sites (N-methyl/N-ethyl adjacent to an activating group) is 1. The van der Waals surface area contributed by atoms with E-state index in [1.807, 2.05) is 30.3 Å². The molecule has 1 aromatic heterocycles. The van der Waals surface area contributed by atoms with Gasteiger partial charge in [-0.05, 0) is 35.8 Å².